The van der Waals surface area contributed by atoms with E-state index in [1.807, 2.05) is 58.1 Å². The minimum absolute atomic E-state index is 0.0114. The minimum Gasteiger partial charge on any atom is -0.457 e. The number of aliphatic hydroxyl groups is 2. The van der Waals surface area contributed by atoms with Crippen LogP contribution >= 0.6 is 0 Å². The van der Waals surface area contributed by atoms with Crippen molar-refractivity contribution in [2.75, 3.05) is 26.2 Å². The van der Waals surface area contributed by atoms with Crippen LogP contribution in [-0.4, -0.2) is 98.2 Å². The molecule has 4 rings (SSSR count). The second-order valence-electron chi connectivity index (χ2n) is 14.0. The summed E-state index contributed by atoms with van der Waals surface area (Å²) in [6, 6.07) is 2.46. The highest BCUT2D eigenvalue weighted by molar-refractivity contribution is 5.70. The number of carbonyl (C=O) groups is 2. The summed E-state index contributed by atoms with van der Waals surface area (Å²) in [5.74, 6) is -0.100. The number of aliphatic hydroxyl groups excluding tert-OH is 1. The Morgan fingerprint density at radius 1 is 1.13 bits per heavy atom. The highest BCUT2D eigenvalue weighted by Crippen LogP contribution is 2.28. The third-order valence-electron chi connectivity index (χ3n) is 9.89. The number of allylic oxidation sites excluding steroid dienone is 3. The molecule has 3 heterocycles. The van der Waals surface area contributed by atoms with E-state index in [0.29, 0.717) is 19.1 Å². The Bertz CT molecular complexity index is 1260. The van der Waals surface area contributed by atoms with Crippen molar-refractivity contribution < 1.29 is 29.3 Å². The van der Waals surface area contributed by atoms with Crippen LogP contribution in [0.15, 0.2) is 48.2 Å². The van der Waals surface area contributed by atoms with Crippen LogP contribution in [0.5, 0.6) is 0 Å². The van der Waals surface area contributed by atoms with Gasteiger partial charge in [0, 0.05) is 55.9 Å². The van der Waals surface area contributed by atoms with Gasteiger partial charge in [0.05, 0.1) is 12.5 Å². The van der Waals surface area contributed by atoms with Gasteiger partial charge in [-0.3, -0.25) is 9.69 Å². The molecule has 1 aromatic rings. The minimum atomic E-state index is -1.45. The smallest absolute Gasteiger partial charge is 0.410 e. The molecule has 0 spiro atoms. The number of aromatic nitrogens is 2. The Morgan fingerprint density at radius 2 is 1.83 bits per heavy atom. The normalized spacial score (nSPS) is 30.9. The number of rotatable bonds is 6. The molecular formula is C37H56N4O6. The van der Waals surface area contributed by atoms with Crippen LogP contribution in [0.25, 0.3) is 0 Å². The van der Waals surface area contributed by atoms with Crippen molar-refractivity contribution >= 4 is 12.1 Å². The average Bonchev–Trinajstić information content (AvgIpc) is 3.34. The molecule has 10 nitrogen and oxygen atoms in total. The summed E-state index contributed by atoms with van der Waals surface area (Å²) in [5, 5.41) is 22.2. The second kappa shape index (κ2) is 17.4. The Hall–Kier alpha value is -3.08. The van der Waals surface area contributed by atoms with Crippen molar-refractivity contribution in [2.45, 2.75) is 128 Å². The molecule has 1 aliphatic carbocycles. The SMILES string of the molecule is C/C(=C\C=C\C(C)c1nccc(C)n1)[C@H]1OC(=O)C[C@H](O)CC[C@@](C)(O)[C@@H](OC(=O)N2CCN(C3CCCCCC3)CC2)/C=C\[C@@H]1C. The molecule has 1 saturated heterocycles. The summed E-state index contributed by atoms with van der Waals surface area (Å²) in [6.07, 6.45) is 15.8. The van der Waals surface area contributed by atoms with E-state index >= 15 is 0 Å². The topological polar surface area (TPSA) is 125 Å². The lowest BCUT2D eigenvalue weighted by atomic mass is 9.88. The van der Waals surface area contributed by atoms with Crippen molar-refractivity contribution in [2.24, 2.45) is 5.92 Å². The van der Waals surface area contributed by atoms with Crippen LogP contribution in [-0.2, 0) is 14.3 Å². The molecule has 1 unspecified atom stereocenters. The van der Waals surface area contributed by atoms with E-state index in [1.165, 1.54) is 38.5 Å². The van der Waals surface area contributed by atoms with E-state index in [1.54, 1.807) is 24.1 Å². The van der Waals surface area contributed by atoms with Gasteiger partial charge in [-0.05, 0) is 64.2 Å². The number of hydrogen-bond acceptors (Lipinski definition) is 9. The summed E-state index contributed by atoms with van der Waals surface area (Å²) in [7, 11) is 0. The van der Waals surface area contributed by atoms with Crippen molar-refractivity contribution in [3.05, 3.63) is 59.7 Å². The summed E-state index contributed by atoms with van der Waals surface area (Å²) in [4.78, 5) is 39.4. The number of esters is 1. The van der Waals surface area contributed by atoms with Gasteiger partial charge in [0.2, 0.25) is 0 Å². The fourth-order valence-electron chi connectivity index (χ4n) is 6.77. The molecule has 0 radical (unpaired) electrons. The van der Waals surface area contributed by atoms with Crippen LogP contribution < -0.4 is 0 Å². The maximum absolute atomic E-state index is 13.4. The van der Waals surface area contributed by atoms with Crippen molar-refractivity contribution in [3.63, 3.8) is 0 Å². The fraction of sp³-hybridized carbons (Fsp3) is 0.676. The first kappa shape index (κ1) is 36.8. The van der Waals surface area contributed by atoms with E-state index in [9.17, 15) is 19.8 Å². The molecule has 10 heteroatoms. The molecular weight excluding hydrogens is 596 g/mol. The Labute approximate surface area is 280 Å². The number of ether oxygens (including phenoxy) is 2. The zero-order valence-corrected chi connectivity index (χ0v) is 29.0. The number of amides is 1. The van der Waals surface area contributed by atoms with Crippen molar-refractivity contribution in [1.29, 1.82) is 0 Å². The number of nitrogens with zero attached hydrogens (tertiary/aromatic N) is 4. The molecule has 2 N–H and O–H groups in total. The molecule has 1 amide bonds. The number of hydrogen-bond donors (Lipinski definition) is 2. The summed E-state index contributed by atoms with van der Waals surface area (Å²) < 4.78 is 11.9. The van der Waals surface area contributed by atoms with Gasteiger partial charge in [0.1, 0.15) is 17.5 Å². The number of piperazine rings is 1. The number of carbonyl (C=O) groups excluding carboxylic acids is 2. The lowest BCUT2D eigenvalue weighted by molar-refractivity contribution is -0.151. The van der Waals surface area contributed by atoms with Crippen LogP contribution in [0.1, 0.15) is 103 Å². The first-order valence-electron chi connectivity index (χ1n) is 17.6. The summed E-state index contributed by atoms with van der Waals surface area (Å²) >= 11 is 0. The lowest BCUT2D eigenvalue weighted by Crippen LogP contribution is -2.53. The zero-order valence-electron chi connectivity index (χ0n) is 29.0. The Kier molecular flexibility index (Phi) is 13.6. The monoisotopic (exact) mass is 652 g/mol. The van der Waals surface area contributed by atoms with Gasteiger partial charge >= 0.3 is 12.1 Å². The standard InChI is InChI=1S/C37H56N4O6/c1-26(11-10-12-28(3)35-38-20-18-29(4)39-35)34-27(2)15-16-32(37(5,45)19-17-31(42)25-33(43)47-34)46-36(44)41-23-21-40(22-24-41)30-13-8-6-7-9-14-30/h10-12,15-16,18,20,27-28,30-32,34,42,45H,6-9,13-14,17,19,21-25H2,1-5H3/b12-10+,16-15-,26-11+/t27-,28?,31+,32-,34+,37+/m0/s1. The Balaban J connectivity index is 1.46. The highest BCUT2D eigenvalue weighted by atomic mass is 16.6. The molecule has 260 valence electrons. The molecule has 47 heavy (non-hydrogen) atoms. The highest BCUT2D eigenvalue weighted by Gasteiger charge is 2.37. The second-order valence-corrected chi connectivity index (χ2v) is 14.0. The van der Waals surface area contributed by atoms with E-state index in [4.69, 9.17) is 9.47 Å². The maximum Gasteiger partial charge on any atom is 0.410 e. The van der Waals surface area contributed by atoms with E-state index in [-0.39, 0.29) is 31.1 Å². The van der Waals surface area contributed by atoms with Crippen molar-refractivity contribution in [3.8, 4) is 0 Å². The zero-order chi connectivity index (χ0) is 34.0. The largest absolute Gasteiger partial charge is 0.457 e. The molecule has 6 atom stereocenters. The van der Waals surface area contributed by atoms with Gasteiger partial charge < -0.3 is 24.6 Å². The molecule has 2 fully saturated rings. The van der Waals surface area contributed by atoms with Crippen LogP contribution in [0, 0.1) is 12.8 Å². The molecule has 2 aliphatic heterocycles. The lowest BCUT2D eigenvalue weighted by Gasteiger charge is -2.40. The fourth-order valence-corrected chi connectivity index (χ4v) is 6.77. The summed E-state index contributed by atoms with van der Waals surface area (Å²) in [6.45, 7) is 12.2. The van der Waals surface area contributed by atoms with Crippen molar-refractivity contribution in [1.82, 2.24) is 19.8 Å². The Morgan fingerprint density at radius 3 is 2.51 bits per heavy atom. The predicted octanol–water partition coefficient (Wildman–Crippen LogP) is 5.64. The van der Waals surface area contributed by atoms with E-state index in [2.05, 4.69) is 14.9 Å². The maximum atomic E-state index is 13.4. The van der Waals surface area contributed by atoms with Gasteiger partial charge in [-0.1, -0.05) is 63.8 Å². The first-order valence-corrected chi connectivity index (χ1v) is 17.6. The van der Waals surface area contributed by atoms with E-state index < -0.39 is 36.0 Å². The molecule has 0 aromatic carbocycles. The quantitative estimate of drug-likeness (QED) is 0.174. The molecule has 1 saturated carbocycles. The predicted molar refractivity (Wildman–Crippen MR) is 182 cm³/mol. The summed E-state index contributed by atoms with van der Waals surface area (Å²) in [5.41, 5.74) is 0.262. The van der Waals surface area contributed by atoms with Gasteiger partial charge in [0.15, 0.2) is 6.10 Å². The first-order chi connectivity index (χ1) is 22.4. The van der Waals surface area contributed by atoms with Crippen LogP contribution in [0.3, 0.4) is 0 Å². The number of aryl methyl sites for hydroxylation is 1. The van der Waals surface area contributed by atoms with Gasteiger partial charge in [-0.15, -0.1) is 0 Å². The van der Waals surface area contributed by atoms with Crippen LogP contribution in [0.2, 0.25) is 0 Å². The number of cyclic esters (lactones) is 1. The van der Waals surface area contributed by atoms with Crippen LogP contribution in [0.4, 0.5) is 4.79 Å². The third-order valence-corrected chi connectivity index (χ3v) is 9.89. The molecule has 3 aliphatic rings. The third kappa shape index (κ3) is 11.0. The average molecular weight is 653 g/mol. The van der Waals surface area contributed by atoms with Gasteiger partial charge in [-0.25, -0.2) is 14.8 Å². The van der Waals surface area contributed by atoms with E-state index in [0.717, 1.165) is 30.2 Å². The van der Waals surface area contributed by atoms with Gasteiger partial charge in [-0.2, -0.15) is 0 Å². The molecule has 1 aromatic heterocycles. The molecule has 0 bridgehead atoms. The van der Waals surface area contributed by atoms with Gasteiger partial charge in [0.25, 0.3) is 0 Å².